The molecular weight excluding hydrogens is 414 g/mol. The van der Waals surface area contributed by atoms with E-state index in [1.165, 1.54) is 0 Å². The lowest BCUT2D eigenvalue weighted by atomic mass is 10.1. The van der Waals surface area contributed by atoms with Crippen molar-refractivity contribution in [2.24, 2.45) is 0 Å². The van der Waals surface area contributed by atoms with Gasteiger partial charge in [0, 0.05) is 5.57 Å². The number of methoxy groups -OCH3 is 1. The van der Waals surface area contributed by atoms with Gasteiger partial charge in [0.2, 0.25) is 5.89 Å². The number of fused-ring (bicyclic) bond motifs is 1. The van der Waals surface area contributed by atoms with E-state index in [1.54, 1.807) is 25.3 Å². The maximum absolute atomic E-state index is 11.4. The van der Waals surface area contributed by atoms with Crippen LogP contribution in [0.1, 0.15) is 24.8 Å². The third-order valence-corrected chi connectivity index (χ3v) is 4.38. The SMILES string of the molecule is CCOc1cc(C=C(CC(=O)O)c2nc3ccccc3o2)cc(Br)c1OC. The number of carboxylic acid groups (broad SMARTS) is 1. The highest BCUT2D eigenvalue weighted by Crippen LogP contribution is 2.38. The Balaban J connectivity index is 2.09. The first kappa shape index (κ1) is 19.0. The van der Waals surface area contributed by atoms with Gasteiger partial charge in [-0.1, -0.05) is 12.1 Å². The number of carbonyl (C=O) groups is 1. The topological polar surface area (TPSA) is 81.8 Å². The molecule has 0 aliphatic carbocycles. The van der Waals surface area contributed by atoms with Crippen LogP contribution in [-0.2, 0) is 4.79 Å². The number of carboxylic acids is 1. The van der Waals surface area contributed by atoms with Crippen LogP contribution in [0.15, 0.2) is 45.3 Å². The zero-order valence-electron chi connectivity index (χ0n) is 14.9. The molecule has 1 heterocycles. The van der Waals surface area contributed by atoms with Crippen LogP contribution in [0.4, 0.5) is 0 Å². The molecule has 1 N–H and O–H groups in total. The van der Waals surface area contributed by atoms with Gasteiger partial charge in [-0.2, -0.15) is 0 Å². The van der Waals surface area contributed by atoms with Crippen molar-refractivity contribution in [1.82, 2.24) is 4.98 Å². The molecule has 27 heavy (non-hydrogen) atoms. The van der Waals surface area contributed by atoms with Crippen LogP contribution in [0.3, 0.4) is 0 Å². The largest absolute Gasteiger partial charge is 0.492 e. The fourth-order valence-electron chi connectivity index (χ4n) is 2.69. The molecule has 0 radical (unpaired) electrons. The van der Waals surface area contributed by atoms with Gasteiger partial charge >= 0.3 is 5.97 Å². The lowest BCUT2D eigenvalue weighted by Crippen LogP contribution is -1.99. The number of rotatable bonds is 7. The van der Waals surface area contributed by atoms with Gasteiger partial charge in [-0.25, -0.2) is 4.98 Å². The minimum atomic E-state index is -0.971. The summed E-state index contributed by atoms with van der Waals surface area (Å²) in [7, 11) is 1.56. The summed E-state index contributed by atoms with van der Waals surface area (Å²) in [6.45, 7) is 2.35. The number of ether oxygens (including phenoxy) is 2. The van der Waals surface area contributed by atoms with Crippen molar-refractivity contribution in [2.75, 3.05) is 13.7 Å². The van der Waals surface area contributed by atoms with Crippen molar-refractivity contribution in [2.45, 2.75) is 13.3 Å². The molecule has 0 atom stereocenters. The maximum atomic E-state index is 11.4. The van der Waals surface area contributed by atoms with Crippen LogP contribution in [0, 0.1) is 0 Å². The molecule has 0 aliphatic heterocycles. The smallest absolute Gasteiger partial charge is 0.308 e. The zero-order chi connectivity index (χ0) is 19.4. The highest BCUT2D eigenvalue weighted by atomic mass is 79.9. The van der Waals surface area contributed by atoms with Crippen LogP contribution in [0.25, 0.3) is 22.7 Å². The average molecular weight is 432 g/mol. The van der Waals surface area contributed by atoms with Gasteiger partial charge in [0.15, 0.2) is 17.1 Å². The fourth-order valence-corrected chi connectivity index (χ4v) is 3.32. The summed E-state index contributed by atoms with van der Waals surface area (Å²) in [5.41, 5.74) is 2.48. The Kier molecular flexibility index (Phi) is 5.81. The standard InChI is InChI=1S/C20H18BrNO5/c1-3-26-17-10-12(9-14(21)19(17)25-2)8-13(11-18(23)24)20-22-15-6-4-5-7-16(15)27-20/h4-10H,3,11H2,1-2H3,(H,23,24). The molecule has 140 valence electrons. The van der Waals surface area contributed by atoms with Crippen LogP contribution >= 0.6 is 15.9 Å². The second-order valence-corrected chi connectivity index (χ2v) is 6.55. The number of halogens is 1. The van der Waals surface area contributed by atoms with E-state index in [9.17, 15) is 9.90 Å². The number of hydrogen-bond acceptors (Lipinski definition) is 5. The number of aliphatic carboxylic acids is 1. The minimum absolute atomic E-state index is 0.222. The summed E-state index contributed by atoms with van der Waals surface area (Å²) in [5.74, 6) is 0.452. The molecule has 6 nitrogen and oxygen atoms in total. The van der Waals surface area contributed by atoms with E-state index in [-0.39, 0.29) is 12.3 Å². The fraction of sp³-hybridized carbons (Fsp3) is 0.200. The van der Waals surface area contributed by atoms with Crippen molar-refractivity contribution in [1.29, 1.82) is 0 Å². The lowest BCUT2D eigenvalue weighted by molar-refractivity contribution is -0.135. The van der Waals surface area contributed by atoms with Gasteiger partial charge in [0.1, 0.15) is 5.52 Å². The molecule has 0 amide bonds. The van der Waals surface area contributed by atoms with Crippen molar-refractivity contribution >= 4 is 44.6 Å². The molecule has 0 aliphatic rings. The van der Waals surface area contributed by atoms with Crippen LogP contribution in [0.2, 0.25) is 0 Å². The number of hydrogen-bond donors (Lipinski definition) is 1. The molecule has 3 aromatic rings. The Morgan fingerprint density at radius 3 is 2.78 bits per heavy atom. The highest BCUT2D eigenvalue weighted by Gasteiger charge is 2.16. The number of aromatic nitrogens is 1. The minimum Gasteiger partial charge on any atom is -0.492 e. The molecule has 2 aromatic carbocycles. The van der Waals surface area contributed by atoms with Gasteiger partial charge in [0.25, 0.3) is 0 Å². The van der Waals surface area contributed by atoms with Gasteiger partial charge in [-0.3, -0.25) is 4.79 Å². The zero-order valence-corrected chi connectivity index (χ0v) is 16.4. The number of oxazole rings is 1. The van der Waals surface area contributed by atoms with E-state index in [2.05, 4.69) is 20.9 Å². The number of para-hydroxylation sites is 2. The molecule has 0 saturated heterocycles. The highest BCUT2D eigenvalue weighted by molar-refractivity contribution is 9.10. The van der Waals surface area contributed by atoms with Crippen LogP contribution in [0.5, 0.6) is 11.5 Å². The Morgan fingerprint density at radius 1 is 1.33 bits per heavy atom. The summed E-state index contributed by atoms with van der Waals surface area (Å²) in [4.78, 5) is 15.8. The normalized spacial score (nSPS) is 11.6. The van der Waals surface area contributed by atoms with E-state index in [0.717, 1.165) is 5.56 Å². The number of benzene rings is 2. The first-order chi connectivity index (χ1) is 13.0. The Hall–Kier alpha value is -2.80. The Morgan fingerprint density at radius 2 is 2.11 bits per heavy atom. The van der Waals surface area contributed by atoms with Crippen molar-refractivity contribution in [3.63, 3.8) is 0 Å². The van der Waals surface area contributed by atoms with E-state index < -0.39 is 5.97 Å². The molecule has 0 fully saturated rings. The van der Waals surface area contributed by atoms with E-state index in [1.807, 2.05) is 31.2 Å². The molecule has 7 heteroatoms. The van der Waals surface area contributed by atoms with Gasteiger partial charge in [-0.05, 0) is 58.8 Å². The molecule has 0 unspecified atom stereocenters. The summed E-state index contributed by atoms with van der Waals surface area (Å²) in [5, 5.41) is 9.31. The predicted molar refractivity (Wildman–Crippen MR) is 106 cm³/mol. The quantitative estimate of drug-likeness (QED) is 0.565. The molecule has 0 bridgehead atoms. The summed E-state index contributed by atoms with van der Waals surface area (Å²) in [6, 6.07) is 10.9. The first-order valence-electron chi connectivity index (χ1n) is 8.30. The van der Waals surface area contributed by atoms with Gasteiger partial charge < -0.3 is 19.0 Å². The maximum Gasteiger partial charge on any atom is 0.308 e. The Bertz CT molecular complexity index is 976. The Labute approximate surface area is 164 Å². The third kappa shape index (κ3) is 4.31. The van der Waals surface area contributed by atoms with Crippen LogP contribution in [-0.4, -0.2) is 29.8 Å². The van der Waals surface area contributed by atoms with E-state index in [4.69, 9.17) is 13.9 Å². The van der Waals surface area contributed by atoms with Crippen LogP contribution < -0.4 is 9.47 Å². The lowest BCUT2D eigenvalue weighted by Gasteiger charge is -2.12. The molecule has 0 spiro atoms. The van der Waals surface area contributed by atoms with Gasteiger partial charge in [0.05, 0.1) is 24.6 Å². The second-order valence-electron chi connectivity index (χ2n) is 5.69. The number of nitrogens with zero attached hydrogens (tertiary/aromatic N) is 1. The van der Waals surface area contributed by atoms with E-state index >= 15 is 0 Å². The summed E-state index contributed by atoms with van der Waals surface area (Å²) >= 11 is 3.46. The van der Waals surface area contributed by atoms with Gasteiger partial charge in [-0.15, -0.1) is 0 Å². The summed E-state index contributed by atoms with van der Waals surface area (Å²) in [6.07, 6.45) is 1.51. The second kappa shape index (κ2) is 8.26. The molecule has 1 aromatic heterocycles. The molecule has 0 saturated carbocycles. The van der Waals surface area contributed by atoms with E-state index in [0.29, 0.717) is 39.3 Å². The average Bonchev–Trinajstić information content (AvgIpc) is 3.05. The summed E-state index contributed by atoms with van der Waals surface area (Å²) < 4.78 is 17.4. The first-order valence-corrected chi connectivity index (χ1v) is 9.09. The van der Waals surface area contributed by atoms with Crippen molar-refractivity contribution in [3.05, 3.63) is 52.3 Å². The van der Waals surface area contributed by atoms with Crippen molar-refractivity contribution < 1.29 is 23.8 Å². The molecular formula is C20H18BrNO5. The molecule has 3 rings (SSSR count). The predicted octanol–water partition coefficient (Wildman–Crippen LogP) is 5.01. The third-order valence-electron chi connectivity index (χ3n) is 3.79. The monoisotopic (exact) mass is 431 g/mol. The van der Waals surface area contributed by atoms with Crippen molar-refractivity contribution in [3.8, 4) is 11.5 Å².